The number of carboxylic acids is 1. The Balaban J connectivity index is 3.15. The number of pyridine rings is 1. The van der Waals surface area contributed by atoms with Crippen molar-refractivity contribution in [1.29, 1.82) is 0 Å². The minimum absolute atomic E-state index is 0.0165. The Kier molecular flexibility index (Phi) is 4.47. The number of nitrogens with zero attached hydrogens (tertiary/aromatic N) is 2. The maximum atomic E-state index is 12.7. The van der Waals surface area contributed by atoms with Crippen molar-refractivity contribution in [3.05, 3.63) is 29.6 Å². The highest BCUT2D eigenvalue weighted by Crippen LogP contribution is 2.30. The fourth-order valence-corrected chi connectivity index (χ4v) is 1.46. The van der Waals surface area contributed by atoms with Crippen LogP contribution in [0.1, 0.15) is 23.0 Å². The van der Waals surface area contributed by atoms with Crippen LogP contribution in [0, 0.1) is 0 Å². The van der Waals surface area contributed by atoms with Crippen molar-refractivity contribution in [3.63, 3.8) is 0 Å². The first-order valence-corrected chi connectivity index (χ1v) is 5.30. The molecule has 0 aliphatic carbocycles. The summed E-state index contributed by atoms with van der Waals surface area (Å²) in [5.41, 5.74) is -1.97. The van der Waals surface area contributed by atoms with E-state index in [2.05, 4.69) is 4.98 Å². The zero-order chi connectivity index (χ0) is 14.6. The summed E-state index contributed by atoms with van der Waals surface area (Å²) in [6.07, 6.45) is -3.85. The third kappa shape index (κ3) is 3.67. The van der Waals surface area contributed by atoms with E-state index in [4.69, 9.17) is 5.11 Å². The Morgan fingerprint density at radius 2 is 2.05 bits per heavy atom. The fraction of sp³-hybridized carbons (Fsp3) is 0.364. The molecule has 104 valence electrons. The minimum atomic E-state index is -4.77. The van der Waals surface area contributed by atoms with Crippen molar-refractivity contribution in [2.45, 2.75) is 13.1 Å². The zero-order valence-electron chi connectivity index (χ0n) is 9.94. The average Bonchev–Trinajstić information content (AvgIpc) is 2.34. The molecule has 0 spiro atoms. The second kappa shape index (κ2) is 5.68. The highest BCUT2D eigenvalue weighted by molar-refractivity contribution is 5.96. The van der Waals surface area contributed by atoms with Crippen LogP contribution in [0.4, 0.5) is 13.2 Å². The van der Waals surface area contributed by atoms with Gasteiger partial charge in [-0.15, -0.1) is 0 Å². The molecule has 0 fully saturated rings. The van der Waals surface area contributed by atoms with Gasteiger partial charge in [0.25, 0.3) is 5.91 Å². The van der Waals surface area contributed by atoms with Gasteiger partial charge in [-0.2, -0.15) is 13.2 Å². The normalized spacial score (nSPS) is 11.2. The highest BCUT2D eigenvalue weighted by Gasteiger charge is 2.37. The summed E-state index contributed by atoms with van der Waals surface area (Å²) in [5.74, 6) is -2.31. The summed E-state index contributed by atoms with van der Waals surface area (Å²) in [6.45, 7) is 0.795. The predicted molar refractivity (Wildman–Crippen MR) is 58.5 cm³/mol. The fourth-order valence-electron chi connectivity index (χ4n) is 1.46. The first-order valence-electron chi connectivity index (χ1n) is 5.30. The number of aromatic nitrogens is 1. The van der Waals surface area contributed by atoms with Gasteiger partial charge in [-0.05, 0) is 19.1 Å². The van der Waals surface area contributed by atoms with Crippen LogP contribution >= 0.6 is 0 Å². The first kappa shape index (κ1) is 14.9. The molecule has 0 saturated heterocycles. The van der Waals surface area contributed by atoms with Crippen LogP contribution in [0.25, 0.3) is 0 Å². The maximum absolute atomic E-state index is 12.7. The van der Waals surface area contributed by atoms with Gasteiger partial charge < -0.3 is 10.0 Å². The number of carbonyl (C=O) groups excluding carboxylic acids is 1. The lowest BCUT2D eigenvalue weighted by Gasteiger charge is -2.20. The Labute approximate surface area is 106 Å². The van der Waals surface area contributed by atoms with Crippen LogP contribution in [0.15, 0.2) is 18.3 Å². The SMILES string of the molecule is CCN(CC(=O)O)C(=O)c1cccnc1C(F)(F)F. The molecular formula is C11H11F3N2O3. The Bertz CT molecular complexity index is 488. The molecule has 0 bridgehead atoms. The van der Waals surface area contributed by atoms with Gasteiger partial charge in [-0.25, -0.2) is 0 Å². The van der Waals surface area contributed by atoms with E-state index in [0.29, 0.717) is 0 Å². The van der Waals surface area contributed by atoms with Crippen LogP contribution in [0.5, 0.6) is 0 Å². The van der Waals surface area contributed by atoms with E-state index in [9.17, 15) is 22.8 Å². The molecule has 1 aromatic rings. The molecule has 19 heavy (non-hydrogen) atoms. The number of likely N-dealkylation sites (N-methyl/N-ethyl adjacent to an activating group) is 1. The van der Waals surface area contributed by atoms with E-state index >= 15 is 0 Å². The van der Waals surface area contributed by atoms with Crippen LogP contribution in [0.2, 0.25) is 0 Å². The molecule has 0 aliphatic rings. The molecule has 1 aromatic heterocycles. The van der Waals surface area contributed by atoms with E-state index < -0.39 is 35.9 Å². The number of carbonyl (C=O) groups is 2. The van der Waals surface area contributed by atoms with Crippen LogP contribution in [0.3, 0.4) is 0 Å². The van der Waals surface area contributed by atoms with E-state index in [0.717, 1.165) is 17.2 Å². The molecule has 1 amide bonds. The van der Waals surface area contributed by atoms with Gasteiger partial charge in [-0.1, -0.05) is 0 Å². The van der Waals surface area contributed by atoms with Gasteiger partial charge in [0.05, 0.1) is 5.56 Å². The van der Waals surface area contributed by atoms with Gasteiger partial charge >= 0.3 is 12.1 Å². The quantitative estimate of drug-likeness (QED) is 0.907. The smallest absolute Gasteiger partial charge is 0.434 e. The van der Waals surface area contributed by atoms with Crippen molar-refractivity contribution in [3.8, 4) is 0 Å². The summed E-state index contributed by atoms with van der Waals surface area (Å²) in [4.78, 5) is 26.4. The van der Waals surface area contributed by atoms with Gasteiger partial charge in [0.2, 0.25) is 0 Å². The first-order chi connectivity index (χ1) is 8.77. The number of amides is 1. The number of hydrogen-bond donors (Lipinski definition) is 1. The molecule has 0 atom stereocenters. The van der Waals surface area contributed by atoms with Crippen molar-refractivity contribution in [1.82, 2.24) is 9.88 Å². The Hall–Kier alpha value is -2.12. The zero-order valence-corrected chi connectivity index (χ0v) is 9.94. The summed E-state index contributed by atoms with van der Waals surface area (Å²) < 4.78 is 38.1. The third-order valence-electron chi connectivity index (χ3n) is 2.30. The van der Waals surface area contributed by atoms with Gasteiger partial charge in [-0.3, -0.25) is 14.6 Å². The van der Waals surface area contributed by atoms with Crippen molar-refractivity contribution in [2.24, 2.45) is 0 Å². The molecule has 0 aromatic carbocycles. The molecule has 8 heteroatoms. The molecule has 0 aliphatic heterocycles. The summed E-state index contributed by atoms with van der Waals surface area (Å²) in [6, 6.07) is 2.17. The predicted octanol–water partition coefficient (Wildman–Crippen LogP) is 1.65. The lowest BCUT2D eigenvalue weighted by molar-refractivity contribution is -0.141. The number of halogens is 3. The largest absolute Gasteiger partial charge is 0.480 e. The average molecular weight is 276 g/mol. The summed E-state index contributed by atoms with van der Waals surface area (Å²) >= 11 is 0. The molecule has 0 radical (unpaired) electrons. The monoisotopic (exact) mass is 276 g/mol. The molecule has 1 N–H and O–H groups in total. The van der Waals surface area contributed by atoms with Crippen molar-refractivity contribution < 1.29 is 27.9 Å². The van der Waals surface area contributed by atoms with Crippen LogP contribution in [-0.4, -0.2) is 40.0 Å². The summed E-state index contributed by atoms with van der Waals surface area (Å²) in [7, 11) is 0. The van der Waals surface area contributed by atoms with Crippen LogP contribution in [-0.2, 0) is 11.0 Å². The third-order valence-corrected chi connectivity index (χ3v) is 2.30. The topological polar surface area (TPSA) is 70.5 Å². The number of aliphatic carboxylic acids is 1. The van der Waals surface area contributed by atoms with Crippen molar-refractivity contribution >= 4 is 11.9 Å². The van der Waals surface area contributed by atoms with Gasteiger partial charge in [0, 0.05) is 12.7 Å². The lowest BCUT2D eigenvalue weighted by Crippen LogP contribution is -2.36. The highest BCUT2D eigenvalue weighted by atomic mass is 19.4. The molecule has 1 rings (SSSR count). The Morgan fingerprint density at radius 3 is 2.53 bits per heavy atom. The second-order valence-corrected chi connectivity index (χ2v) is 3.61. The standard InChI is InChI=1S/C11H11F3N2O3/c1-2-16(6-8(17)18)10(19)7-4-3-5-15-9(7)11(12,13)14/h3-5H,2,6H2,1H3,(H,17,18). The number of carboxylic acid groups (broad SMARTS) is 1. The van der Waals surface area contributed by atoms with E-state index in [1.165, 1.54) is 13.0 Å². The molecule has 0 unspecified atom stereocenters. The second-order valence-electron chi connectivity index (χ2n) is 3.61. The van der Waals surface area contributed by atoms with E-state index in [1.807, 2.05) is 0 Å². The van der Waals surface area contributed by atoms with Crippen molar-refractivity contribution in [2.75, 3.05) is 13.1 Å². The van der Waals surface area contributed by atoms with E-state index in [1.54, 1.807) is 0 Å². The number of hydrogen-bond acceptors (Lipinski definition) is 3. The summed E-state index contributed by atoms with van der Waals surface area (Å²) in [5, 5.41) is 8.61. The number of alkyl halides is 3. The van der Waals surface area contributed by atoms with Gasteiger partial charge in [0.15, 0.2) is 5.69 Å². The lowest BCUT2D eigenvalue weighted by atomic mass is 10.1. The number of rotatable bonds is 4. The Morgan fingerprint density at radius 1 is 1.42 bits per heavy atom. The minimum Gasteiger partial charge on any atom is -0.480 e. The van der Waals surface area contributed by atoms with E-state index in [-0.39, 0.29) is 6.54 Å². The molecule has 0 saturated carbocycles. The molecule has 1 heterocycles. The maximum Gasteiger partial charge on any atom is 0.434 e. The molecular weight excluding hydrogens is 265 g/mol. The molecule has 5 nitrogen and oxygen atoms in total. The van der Waals surface area contributed by atoms with Gasteiger partial charge in [0.1, 0.15) is 6.54 Å². The van der Waals surface area contributed by atoms with Crippen LogP contribution < -0.4 is 0 Å².